The van der Waals surface area contributed by atoms with E-state index in [0.717, 1.165) is 11.3 Å². The van der Waals surface area contributed by atoms with E-state index >= 15 is 0 Å². The average molecular weight is 298 g/mol. The van der Waals surface area contributed by atoms with Crippen molar-refractivity contribution in [3.05, 3.63) is 54.2 Å². The molecule has 3 N–H and O–H groups in total. The number of carbonyl (C=O) groups excluding carboxylic acids is 2. The molecule has 2 aromatic rings. The first-order chi connectivity index (χ1) is 10.6. The van der Waals surface area contributed by atoms with Crippen molar-refractivity contribution in [1.29, 1.82) is 0 Å². The fourth-order valence-electron chi connectivity index (χ4n) is 1.74. The molecular weight excluding hydrogens is 280 g/mol. The molecule has 0 fully saturated rings. The number of nitrogens with one attached hydrogen (secondary N) is 3. The van der Waals surface area contributed by atoms with E-state index in [1.807, 2.05) is 31.2 Å². The maximum absolute atomic E-state index is 11.7. The maximum atomic E-state index is 11.7. The average Bonchev–Trinajstić information content (AvgIpc) is 2.50. The summed E-state index contributed by atoms with van der Waals surface area (Å²) in [5.41, 5.74) is 1.75. The van der Waals surface area contributed by atoms with E-state index in [9.17, 15) is 9.59 Å². The van der Waals surface area contributed by atoms with E-state index in [4.69, 9.17) is 0 Å². The lowest BCUT2D eigenvalue weighted by atomic mass is 10.3. The Bertz CT molecular complexity index is 626. The minimum absolute atomic E-state index is 0.153. The molecule has 0 aliphatic carbocycles. The summed E-state index contributed by atoms with van der Waals surface area (Å²) in [7, 11) is 0. The molecule has 0 saturated carbocycles. The summed E-state index contributed by atoms with van der Waals surface area (Å²) in [4.78, 5) is 27.4. The van der Waals surface area contributed by atoms with Crippen LogP contribution in [0.25, 0.3) is 0 Å². The van der Waals surface area contributed by atoms with E-state index in [1.54, 1.807) is 24.4 Å². The fraction of sp³-hybridized carbons (Fsp3) is 0.188. The number of urea groups is 1. The molecule has 1 heterocycles. The zero-order chi connectivity index (χ0) is 15.8. The first kappa shape index (κ1) is 15.5. The van der Waals surface area contributed by atoms with Crippen LogP contribution in [0.5, 0.6) is 0 Å². The van der Waals surface area contributed by atoms with Crippen molar-refractivity contribution in [2.75, 3.05) is 17.2 Å². The number of anilines is 2. The second-order valence-electron chi connectivity index (χ2n) is 4.77. The quantitative estimate of drug-likeness (QED) is 0.793. The van der Waals surface area contributed by atoms with Crippen molar-refractivity contribution >= 4 is 23.4 Å². The van der Waals surface area contributed by atoms with Crippen molar-refractivity contribution in [3.8, 4) is 0 Å². The van der Waals surface area contributed by atoms with Gasteiger partial charge in [-0.1, -0.05) is 24.3 Å². The Labute approximate surface area is 129 Å². The molecule has 6 heteroatoms. The molecule has 2 rings (SSSR count). The lowest BCUT2D eigenvalue weighted by Crippen LogP contribution is -2.31. The number of amides is 3. The minimum atomic E-state index is -0.385. The Kier molecular flexibility index (Phi) is 5.48. The van der Waals surface area contributed by atoms with Crippen LogP contribution >= 0.6 is 0 Å². The lowest BCUT2D eigenvalue weighted by molar-refractivity contribution is -0.116. The van der Waals surface area contributed by atoms with Gasteiger partial charge in [0.2, 0.25) is 5.91 Å². The molecular formula is C16H18N4O2. The Morgan fingerprint density at radius 1 is 1.05 bits per heavy atom. The molecule has 0 bridgehead atoms. The van der Waals surface area contributed by atoms with Crippen LogP contribution in [0.3, 0.4) is 0 Å². The summed E-state index contributed by atoms with van der Waals surface area (Å²) in [5, 5.41) is 7.96. The van der Waals surface area contributed by atoms with Crippen molar-refractivity contribution in [3.63, 3.8) is 0 Å². The van der Waals surface area contributed by atoms with Crippen LogP contribution in [0.1, 0.15) is 12.0 Å². The normalized spacial score (nSPS) is 9.86. The number of pyridine rings is 1. The van der Waals surface area contributed by atoms with Crippen LogP contribution in [-0.4, -0.2) is 23.5 Å². The summed E-state index contributed by atoms with van der Waals surface area (Å²) in [6.45, 7) is 2.17. The molecule has 0 spiro atoms. The van der Waals surface area contributed by atoms with Crippen LogP contribution in [-0.2, 0) is 4.79 Å². The highest BCUT2D eigenvalue weighted by Gasteiger charge is 2.05. The van der Waals surface area contributed by atoms with Gasteiger partial charge in [0.15, 0.2) is 0 Å². The third kappa shape index (κ3) is 5.24. The lowest BCUT2D eigenvalue weighted by Gasteiger charge is -2.08. The molecule has 6 nitrogen and oxygen atoms in total. The van der Waals surface area contributed by atoms with Crippen molar-refractivity contribution in [2.24, 2.45) is 0 Å². The smallest absolute Gasteiger partial charge is 0.320 e. The number of nitrogens with zero attached hydrogens (tertiary/aromatic N) is 1. The predicted octanol–water partition coefficient (Wildman–Crippen LogP) is 2.54. The summed E-state index contributed by atoms with van der Waals surface area (Å²) in [5.74, 6) is 0.316. The van der Waals surface area contributed by atoms with Gasteiger partial charge in [-0.25, -0.2) is 9.78 Å². The highest BCUT2D eigenvalue weighted by molar-refractivity contribution is 5.92. The molecule has 1 aromatic carbocycles. The van der Waals surface area contributed by atoms with Crippen LogP contribution in [0, 0.1) is 6.92 Å². The molecule has 3 amide bonds. The number of para-hydroxylation sites is 1. The van der Waals surface area contributed by atoms with Crippen molar-refractivity contribution in [1.82, 2.24) is 10.3 Å². The minimum Gasteiger partial charge on any atom is -0.337 e. The summed E-state index contributed by atoms with van der Waals surface area (Å²) < 4.78 is 0. The first-order valence-electron chi connectivity index (χ1n) is 6.96. The molecule has 22 heavy (non-hydrogen) atoms. The fourth-order valence-corrected chi connectivity index (χ4v) is 1.74. The highest BCUT2D eigenvalue weighted by Crippen LogP contribution is 2.05. The van der Waals surface area contributed by atoms with Crippen molar-refractivity contribution in [2.45, 2.75) is 13.3 Å². The van der Waals surface area contributed by atoms with E-state index in [-0.39, 0.29) is 24.9 Å². The second kappa shape index (κ2) is 7.78. The number of hydrogen-bond donors (Lipinski definition) is 3. The third-order valence-electron chi connectivity index (χ3n) is 2.85. The number of aromatic nitrogens is 1. The molecule has 0 aliphatic rings. The van der Waals surface area contributed by atoms with Crippen LogP contribution in [0.2, 0.25) is 0 Å². The Hall–Kier alpha value is -2.89. The van der Waals surface area contributed by atoms with E-state index in [1.165, 1.54) is 0 Å². The largest absolute Gasteiger partial charge is 0.337 e. The Morgan fingerprint density at radius 2 is 1.82 bits per heavy atom. The van der Waals surface area contributed by atoms with E-state index < -0.39 is 0 Å². The monoisotopic (exact) mass is 298 g/mol. The zero-order valence-electron chi connectivity index (χ0n) is 12.3. The SMILES string of the molecule is Cc1ccc(NC(=O)NCCC(=O)Nc2ccccc2)nc1. The van der Waals surface area contributed by atoms with Crippen LogP contribution < -0.4 is 16.0 Å². The van der Waals surface area contributed by atoms with Crippen LogP contribution in [0.4, 0.5) is 16.3 Å². The molecule has 114 valence electrons. The topological polar surface area (TPSA) is 83.1 Å². The predicted molar refractivity (Wildman–Crippen MR) is 85.7 cm³/mol. The van der Waals surface area contributed by atoms with Gasteiger partial charge in [-0.15, -0.1) is 0 Å². The van der Waals surface area contributed by atoms with Gasteiger partial charge in [-0.3, -0.25) is 10.1 Å². The number of aryl methyl sites for hydroxylation is 1. The number of carbonyl (C=O) groups is 2. The Balaban J connectivity index is 1.68. The maximum Gasteiger partial charge on any atom is 0.320 e. The third-order valence-corrected chi connectivity index (χ3v) is 2.85. The Morgan fingerprint density at radius 3 is 2.50 bits per heavy atom. The molecule has 0 unspecified atom stereocenters. The number of rotatable bonds is 5. The molecule has 0 saturated heterocycles. The van der Waals surface area contributed by atoms with Gasteiger partial charge in [0, 0.05) is 24.8 Å². The summed E-state index contributed by atoms with van der Waals surface area (Å²) in [6.07, 6.45) is 1.87. The molecule has 0 aliphatic heterocycles. The van der Waals surface area contributed by atoms with Gasteiger partial charge in [0.25, 0.3) is 0 Å². The number of benzene rings is 1. The van der Waals surface area contributed by atoms with E-state index in [0.29, 0.717) is 5.82 Å². The standard InChI is InChI=1S/C16H18N4O2/c1-12-7-8-14(18-11-12)20-16(22)17-10-9-15(21)19-13-5-3-2-4-6-13/h2-8,11H,9-10H2,1H3,(H,19,21)(H2,17,18,20,22). The zero-order valence-corrected chi connectivity index (χ0v) is 12.3. The van der Waals surface area contributed by atoms with Crippen molar-refractivity contribution < 1.29 is 9.59 Å². The first-order valence-corrected chi connectivity index (χ1v) is 6.96. The molecule has 0 radical (unpaired) electrons. The second-order valence-corrected chi connectivity index (χ2v) is 4.77. The van der Waals surface area contributed by atoms with Gasteiger partial charge in [-0.2, -0.15) is 0 Å². The van der Waals surface area contributed by atoms with E-state index in [2.05, 4.69) is 20.9 Å². The number of hydrogen-bond acceptors (Lipinski definition) is 3. The van der Waals surface area contributed by atoms with Gasteiger partial charge in [-0.05, 0) is 30.7 Å². The summed E-state index contributed by atoms with van der Waals surface area (Å²) in [6, 6.07) is 12.4. The summed E-state index contributed by atoms with van der Waals surface area (Å²) >= 11 is 0. The highest BCUT2D eigenvalue weighted by atomic mass is 16.2. The van der Waals surface area contributed by atoms with Gasteiger partial charge >= 0.3 is 6.03 Å². The molecule has 0 atom stereocenters. The van der Waals surface area contributed by atoms with Gasteiger partial charge in [0.1, 0.15) is 5.82 Å². The van der Waals surface area contributed by atoms with Gasteiger partial charge < -0.3 is 10.6 Å². The molecule has 1 aromatic heterocycles. The van der Waals surface area contributed by atoms with Crippen LogP contribution in [0.15, 0.2) is 48.7 Å². The van der Waals surface area contributed by atoms with Gasteiger partial charge in [0.05, 0.1) is 0 Å².